The zero-order valence-electron chi connectivity index (χ0n) is 18.7. The van der Waals surface area contributed by atoms with Crippen molar-refractivity contribution in [2.45, 2.75) is 32.2 Å². The topological polar surface area (TPSA) is 85.2 Å². The van der Waals surface area contributed by atoms with E-state index in [1.807, 2.05) is 72.8 Å². The summed E-state index contributed by atoms with van der Waals surface area (Å²) in [6.45, 7) is 2.40. The van der Waals surface area contributed by atoms with E-state index in [0.29, 0.717) is 12.2 Å². The number of benzene rings is 3. The van der Waals surface area contributed by atoms with Crippen LogP contribution in [0, 0.1) is 11.3 Å². The van der Waals surface area contributed by atoms with Crippen molar-refractivity contribution in [2.75, 3.05) is 22.1 Å². The van der Waals surface area contributed by atoms with Crippen molar-refractivity contribution < 1.29 is 9.59 Å². The van der Waals surface area contributed by atoms with Gasteiger partial charge >= 0.3 is 0 Å². The Morgan fingerprint density at radius 3 is 2.12 bits per heavy atom. The van der Waals surface area contributed by atoms with Crippen molar-refractivity contribution in [1.29, 1.82) is 5.26 Å². The molecule has 0 saturated heterocycles. The van der Waals surface area contributed by atoms with E-state index in [-0.39, 0.29) is 37.1 Å². The average molecular weight is 441 g/mol. The molecule has 0 aliphatic carbocycles. The van der Waals surface area contributed by atoms with Crippen molar-refractivity contribution in [3.8, 4) is 6.07 Å². The largest absolute Gasteiger partial charge is 0.379 e. The van der Waals surface area contributed by atoms with Crippen LogP contribution in [0.5, 0.6) is 0 Å². The van der Waals surface area contributed by atoms with Gasteiger partial charge in [0.2, 0.25) is 11.8 Å². The van der Waals surface area contributed by atoms with E-state index >= 15 is 0 Å². The second kappa shape index (κ2) is 12.1. The maximum atomic E-state index is 12.7. The SMILES string of the molecule is CC(Nc1ccc(NC(=O)CCC(=O)N(CCC#N)c2ccccc2)cc1)c1ccccc1. The first-order valence-electron chi connectivity index (χ1n) is 11.0. The van der Waals surface area contributed by atoms with Crippen LogP contribution in [-0.4, -0.2) is 18.4 Å². The predicted octanol–water partition coefficient (Wildman–Crippen LogP) is 5.53. The molecule has 6 nitrogen and oxygen atoms in total. The number of nitrogens with zero attached hydrogens (tertiary/aromatic N) is 2. The molecule has 3 aromatic rings. The summed E-state index contributed by atoms with van der Waals surface area (Å²) < 4.78 is 0. The Bertz CT molecular complexity index is 1080. The quantitative estimate of drug-likeness (QED) is 0.434. The van der Waals surface area contributed by atoms with Crippen LogP contribution in [0.2, 0.25) is 0 Å². The zero-order chi connectivity index (χ0) is 23.5. The van der Waals surface area contributed by atoms with Gasteiger partial charge in [0.1, 0.15) is 0 Å². The summed E-state index contributed by atoms with van der Waals surface area (Å²) in [6.07, 6.45) is 0.371. The van der Waals surface area contributed by atoms with E-state index in [1.54, 1.807) is 4.90 Å². The Labute approximate surface area is 194 Å². The van der Waals surface area contributed by atoms with Gasteiger partial charge in [0.05, 0.1) is 12.5 Å². The molecule has 1 unspecified atom stereocenters. The van der Waals surface area contributed by atoms with Crippen molar-refractivity contribution in [2.24, 2.45) is 0 Å². The fourth-order valence-electron chi connectivity index (χ4n) is 3.47. The molecule has 3 rings (SSSR count). The van der Waals surface area contributed by atoms with Crippen LogP contribution in [0.1, 0.15) is 37.8 Å². The predicted molar refractivity (Wildman–Crippen MR) is 132 cm³/mol. The molecule has 0 saturated carbocycles. The molecule has 168 valence electrons. The molecule has 0 aromatic heterocycles. The van der Waals surface area contributed by atoms with Gasteiger partial charge in [0, 0.05) is 42.5 Å². The number of amides is 2. The summed E-state index contributed by atoms with van der Waals surface area (Å²) >= 11 is 0. The molecule has 6 heteroatoms. The minimum atomic E-state index is -0.227. The molecule has 0 bridgehead atoms. The smallest absolute Gasteiger partial charge is 0.227 e. The average Bonchev–Trinajstić information content (AvgIpc) is 2.85. The lowest BCUT2D eigenvalue weighted by atomic mass is 10.1. The molecule has 0 aliphatic rings. The Balaban J connectivity index is 1.50. The number of nitrogens with one attached hydrogen (secondary N) is 2. The van der Waals surface area contributed by atoms with Gasteiger partial charge in [0.15, 0.2) is 0 Å². The molecule has 1 atom stereocenters. The summed E-state index contributed by atoms with van der Waals surface area (Å²) in [6, 6.07) is 29.1. The molecule has 0 aliphatic heterocycles. The van der Waals surface area contributed by atoms with E-state index in [1.165, 1.54) is 5.56 Å². The van der Waals surface area contributed by atoms with Crippen molar-refractivity contribution in [3.05, 3.63) is 90.5 Å². The van der Waals surface area contributed by atoms with E-state index in [0.717, 1.165) is 11.4 Å². The van der Waals surface area contributed by atoms with Gasteiger partial charge in [0.25, 0.3) is 0 Å². The first-order chi connectivity index (χ1) is 16.1. The standard InChI is InChI=1S/C27H28N4O2/c1-21(22-9-4-2-5-10-22)29-23-13-15-24(16-14-23)30-26(32)17-18-27(33)31(20-8-19-28)25-11-6-3-7-12-25/h2-7,9-16,21,29H,8,17-18,20H2,1H3,(H,30,32). The first-order valence-corrected chi connectivity index (χ1v) is 11.0. The van der Waals surface area contributed by atoms with Gasteiger partial charge in [-0.3, -0.25) is 9.59 Å². The van der Waals surface area contributed by atoms with Crippen LogP contribution >= 0.6 is 0 Å². The summed E-state index contributed by atoms with van der Waals surface area (Å²) in [7, 11) is 0. The first kappa shape index (κ1) is 23.6. The number of anilines is 3. The summed E-state index contributed by atoms with van der Waals surface area (Å²) in [5, 5.41) is 15.2. The highest BCUT2D eigenvalue weighted by atomic mass is 16.2. The number of rotatable bonds is 10. The fraction of sp³-hybridized carbons (Fsp3) is 0.222. The molecule has 0 heterocycles. The van der Waals surface area contributed by atoms with E-state index in [2.05, 4.69) is 35.8 Å². The Kier molecular flexibility index (Phi) is 8.61. The van der Waals surface area contributed by atoms with E-state index < -0.39 is 0 Å². The number of hydrogen-bond acceptors (Lipinski definition) is 4. The van der Waals surface area contributed by atoms with Gasteiger partial charge in [-0.2, -0.15) is 5.26 Å². The summed E-state index contributed by atoms with van der Waals surface area (Å²) in [4.78, 5) is 26.6. The van der Waals surface area contributed by atoms with Crippen LogP contribution in [0.4, 0.5) is 17.1 Å². The third kappa shape index (κ3) is 7.22. The third-order valence-corrected chi connectivity index (χ3v) is 5.23. The second-order valence-electron chi connectivity index (χ2n) is 7.69. The molecule has 0 radical (unpaired) electrons. The van der Waals surface area contributed by atoms with E-state index in [9.17, 15) is 9.59 Å². The van der Waals surface area contributed by atoms with Crippen LogP contribution in [0.15, 0.2) is 84.9 Å². The van der Waals surface area contributed by atoms with Crippen molar-refractivity contribution in [3.63, 3.8) is 0 Å². The van der Waals surface area contributed by atoms with Crippen molar-refractivity contribution >= 4 is 28.9 Å². The van der Waals surface area contributed by atoms with Crippen LogP contribution < -0.4 is 15.5 Å². The zero-order valence-corrected chi connectivity index (χ0v) is 18.7. The maximum Gasteiger partial charge on any atom is 0.227 e. The lowest BCUT2D eigenvalue weighted by Gasteiger charge is -2.21. The molecule has 33 heavy (non-hydrogen) atoms. The minimum absolute atomic E-state index is 0.0692. The number of carbonyl (C=O) groups is 2. The van der Waals surface area contributed by atoms with E-state index in [4.69, 9.17) is 5.26 Å². The lowest BCUT2D eigenvalue weighted by Crippen LogP contribution is -2.32. The monoisotopic (exact) mass is 440 g/mol. The van der Waals surface area contributed by atoms with Gasteiger partial charge in [-0.05, 0) is 48.9 Å². The molecule has 2 N–H and O–H groups in total. The third-order valence-electron chi connectivity index (χ3n) is 5.23. The Morgan fingerprint density at radius 2 is 1.48 bits per heavy atom. The second-order valence-corrected chi connectivity index (χ2v) is 7.69. The number of carbonyl (C=O) groups excluding carboxylic acids is 2. The van der Waals surface area contributed by atoms with Gasteiger partial charge < -0.3 is 15.5 Å². The van der Waals surface area contributed by atoms with Crippen molar-refractivity contribution in [1.82, 2.24) is 0 Å². The Morgan fingerprint density at radius 1 is 0.879 bits per heavy atom. The molecular formula is C27H28N4O2. The van der Waals surface area contributed by atoms with Crippen LogP contribution in [0.25, 0.3) is 0 Å². The highest BCUT2D eigenvalue weighted by Crippen LogP contribution is 2.21. The normalized spacial score (nSPS) is 11.2. The van der Waals surface area contributed by atoms with Gasteiger partial charge in [-0.1, -0.05) is 48.5 Å². The van der Waals surface area contributed by atoms with Gasteiger partial charge in [-0.25, -0.2) is 0 Å². The number of hydrogen-bond donors (Lipinski definition) is 2. The molecule has 3 aromatic carbocycles. The molecular weight excluding hydrogens is 412 g/mol. The minimum Gasteiger partial charge on any atom is -0.379 e. The highest BCUT2D eigenvalue weighted by Gasteiger charge is 2.16. The molecule has 2 amide bonds. The maximum absolute atomic E-state index is 12.7. The number of nitriles is 1. The Hall–Kier alpha value is -4.11. The summed E-state index contributed by atoms with van der Waals surface area (Å²) in [5.74, 6) is -0.406. The fourth-order valence-corrected chi connectivity index (χ4v) is 3.47. The molecule has 0 spiro atoms. The van der Waals surface area contributed by atoms with Gasteiger partial charge in [-0.15, -0.1) is 0 Å². The summed E-state index contributed by atoms with van der Waals surface area (Å²) in [5.41, 5.74) is 3.55. The lowest BCUT2D eigenvalue weighted by molar-refractivity contribution is -0.122. The van der Waals surface area contributed by atoms with Crippen LogP contribution in [0.3, 0.4) is 0 Å². The highest BCUT2D eigenvalue weighted by molar-refractivity contribution is 5.98. The van der Waals surface area contributed by atoms with Crippen LogP contribution in [-0.2, 0) is 9.59 Å². The number of para-hydroxylation sites is 1. The molecule has 0 fully saturated rings.